The summed E-state index contributed by atoms with van der Waals surface area (Å²) in [6.45, 7) is 2.02. The quantitative estimate of drug-likeness (QED) is 0.845. The normalized spacial score (nSPS) is 17.5. The van der Waals surface area contributed by atoms with E-state index in [-0.39, 0.29) is 0 Å². The molecule has 0 spiro atoms. The molecule has 0 saturated heterocycles. The van der Waals surface area contributed by atoms with E-state index in [2.05, 4.69) is 5.32 Å². The van der Waals surface area contributed by atoms with Gasteiger partial charge in [-0.2, -0.15) is 0 Å². The highest BCUT2D eigenvalue weighted by atomic mass is 16.5. The van der Waals surface area contributed by atoms with E-state index in [1.807, 2.05) is 0 Å². The van der Waals surface area contributed by atoms with E-state index in [1.54, 1.807) is 14.2 Å². The molecule has 0 fully saturated rings. The van der Waals surface area contributed by atoms with Gasteiger partial charge < -0.3 is 14.8 Å². The van der Waals surface area contributed by atoms with Gasteiger partial charge in [-0.25, -0.2) is 0 Å². The first-order valence-corrected chi connectivity index (χ1v) is 6.35. The average molecular weight is 233 g/mol. The molecular formula is C14H19NO2. The molecule has 0 bridgehead atoms. The van der Waals surface area contributed by atoms with Gasteiger partial charge in [-0.05, 0) is 43.4 Å². The minimum absolute atomic E-state index is 0.977. The van der Waals surface area contributed by atoms with Crippen molar-refractivity contribution in [3.8, 4) is 11.5 Å². The summed E-state index contributed by atoms with van der Waals surface area (Å²) in [7, 11) is 3.51. The highest BCUT2D eigenvalue weighted by Gasteiger charge is 2.28. The van der Waals surface area contributed by atoms with Gasteiger partial charge >= 0.3 is 0 Å². The maximum Gasteiger partial charge on any atom is 0.164 e. The molecule has 0 unspecified atom stereocenters. The number of ether oxygens (including phenoxy) is 2. The largest absolute Gasteiger partial charge is 0.493 e. The fourth-order valence-corrected chi connectivity index (χ4v) is 3.26. The van der Waals surface area contributed by atoms with Gasteiger partial charge in [-0.15, -0.1) is 0 Å². The summed E-state index contributed by atoms with van der Waals surface area (Å²) in [6.07, 6.45) is 4.61. The summed E-state index contributed by atoms with van der Waals surface area (Å²) in [6, 6.07) is 0. The Labute approximate surface area is 102 Å². The van der Waals surface area contributed by atoms with Crippen LogP contribution in [0.15, 0.2) is 0 Å². The second-order valence-electron chi connectivity index (χ2n) is 4.76. The first kappa shape index (κ1) is 10.9. The minimum Gasteiger partial charge on any atom is -0.493 e. The highest BCUT2D eigenvalue weighted by molar-refractivity contribution is 5.62. The number of hydrogen-bond donors (Lipinski definition) is 1. The first-order valence-electron chi connectivity index (χ1n) is 6.35. The lowest BCUT2D eigenvalue weighted by molar-refractivity contribution is 0.346. The van der Waals surface area contributed by atoms with Gasteiger partial charge in [-0.3, -0.25) is 0 Å². The third-order valence-electron chi connectivity index (χ3n) is 3.96. The molecule has 3 rings (SSSR count). The predicted molar refractivity (Wildman–Crippen MR) is 67.0 cm³/mol. The van der Waals surface area contributed by atoms with Gasteiger partial charge in [0.05, 0.1) is 14.2 Å². The molecule has 92 valence electrons. The summed E-state index contributed by atoms with van der Waals surface area (Å²) in [5, 5.41) is 3.46. The van der Waals surface area contributed by atoms with Gasteiger partial charge in [0, 0.05) is 17.7 Å². The van der Waals surface area contributed by atoms with Gasteiger partial charge in [0.2, 0.25) is 0 Å². The third-order valence-corrected chi connectivity index (χ3v) is 3.96. The smallest absolute Gasteiger partial charge is 0.164 e. The van der Waals surface area contributed by atoms with Crippen LogP contribution in [0.1, 0.15) is 28.7 Å². The monoisotopic (exact) mass is 233 g/mol. The van der Waals surface area contributed by atoms with E-state index in [0.717, 1.165) is 37.4 Å². The zero-order chi connectivity index (χ0) is 11.8. The Hall–Kier alpha value is -1.22. The lowest BCUT2D eigenvalue weighted by atomic mass is 9.91. The van der Waals surface area contributed by atoms with E-state index >= 15 is 0 Å². The van der Waals surface area contributed by atoms with E-state index < -0.39 is 0 Å². The predicted octanol–water partition coefficient (Wildman–Crippen LogP) is 1.84. The molecule has 3 nitrogen and oxygen atoms in total. The molecule has 1 heterocycles. The number of hydrogen-bond acceptors (Lipinski definition) is 3. The number of benzene rings is 1. The van der Waals surface area contributed by atoms with Crippen molar-refractivity contribution in [2.75, 3.05) is 20.8 Å². The molecular weight excluding hydrogens is 214 g/mol. The second kappa shape index (κ2) is 4.22. The Morgan fingerprint density at radius 1 is 0.824 bits per heavy atom. The zero-order valence-electron chi connectivity index (χ0n) is 10.6. The van der Waals surface area contributed by atoms with Crippen LogP contribution in [0, 0.1) is 0 Å². The Balaban J connectivity index is 2.27. The summed E-state index contributed by atoms with van der Waals surface area (Å²) in [4.78, 5) is 0. The number of nitrogens with one attached hydrogen (secondary N) is 1. The van der Waals surface area contributed by atoms with Gasteiger partial charge in [0.1, 0.15) is 0 Å². The van der Waals surface area contributed by atoms with Crippen LogP contribution in [0.25, 0.3) is 0 Å². The van der Waals surface area contributed by atoms with Crippen molar-refractivity contribution in [2.24, 2.45) is 0 Å². The Bertz CT molecular complexity index is 431. The van der Waals surface area contributed by atoms with Crippen LogP contribution in [0.3, 0.4) is 0 Å². The number of methoxy groups -OCH3 is 2. The van der Waals surface area contributed by atoms with E-state index in [0.29, 0.717) is 0 Å². The highest BCUT2D eigenvalue weighted by Crippen LogP contribution is 2.44. The van der Waals surface area contributed by atoms with Gasteiger partial charge in [-0.1, -0.05) is 0 Å². The van der Waals surface area contributed by atoms with Crippen molar-refractivity contribution < 1.29 is 9.47 Å². The average Bonchev–Trinajstić information content (AvgIpc) is 2.86. The molecule has 1 aromatic rings. The van der Waals surface area contributed by atoms with Crippen molar-refractivity contribution in [1.29, 1.82) is 0 Å². The molecule has 0 radical (unpaired) electrons. The summed E-state index contributed by atoms with van der Waals surface area (Å²) in [5.74, 6) is 1.96. The maximum absolute atomic E-state index is 5.61. The summed E-state index contributed by atoms with van der Waals surface area (Å²) >= 11 is 0. The molecule has 2 aliphatic rings. The van der Waals surface area contributed by atoms with Crippen molar-refractivity contribution in [2.45, 2.75) is 32.2 Å². The van der Waals surface area contributed by atoms with Crippen molar-refractivity contribution in [1.82, 2.24) is 5.32 Å². The standard InChI is InChI=1S/C14H19NO2/c1-16-13-10-5-3-4-9(10)12-8-15-7-6-11(12)14(13)17-2/h15H,3-8H2,1-2H3. The van der Waals surface area contributed by atoms with Crippen LogP contribution in [0.2, 0.25) is 0 Å². The van der Waals surface area contributed by atoms with Crippen LogP contribution < -0.4 is 14.8 Å². The molecule has 0 atom stereocenters. The lowest BCUT2D eigenvalue weighted by Crippen LogP contribution is -2.25. The number of rotatable bonds is 2. The second-order valence-corrected chi connectivity index (χ2v) is 4.76. The summed E-state index contributed by atoms with van der Waals surface area (Å²) in [5.41, 5.74) is 5.74. The zero-order valence-corrected chi connectivity index (χ0v) is 10.6. The molecule has 1 aliphatic heterocycles. The first-order chi connectivity index (χ1) is 8.36. The molecule has 0 saturated carbocycles. The molecule has 0 aromatic heterocycles. The molecule has 3 heteroatoms. The van der Waals surface area contributed by atoms with Crippen molar-refractivity contribution in [3.05, 3.63) is 22.3 Å². The van der Waals surface area contributed by atoms with Crippen LogP contribution in [0.5, 0.6) is 11.5 Å². The maximum atomic E-state index is 5.61. The van der Waals surface area contributed by atoms with Crippen LogP contribution >= 0.6 is 0 Å². The Kier molecular flexibility index (Phi) is 2.71. The van der Waals surface area contributed by atoms with Crippen molar-refractivity contribution in [3.63, 3.8) is 0 Å². The topological polar surface area (TPSA) is 30.5 Å². The Morgan fingerprint density at radius 3 is 2.18 bits per heavy atom. The lowest BCUT2D eigenvalue weighted by Gasteiger charge is -2.25. The molecule has 1 N–H and O–H groups in total. The van der Waals surface area contributed by atoms with Crippen LogP contribution in [-0.4, -0.2) is 20.8 Å². The molecule has 17 heavy (non-hydrogen) atoms. The summed E-state index contributed by atoms with van der Waals surface area (Å²) < 4.78 is 11.2. The van der Waals surface area contributed by atoms with Crippen LogP contribution in [0.4, 0.5) is 0 Å². The Morgan fingerprint density at radius 2 is 1.47 bits per heavy atom. The SMILES string of the molecule is COc1c2c(c3c(c1OC)CCNC3)CCC2. The van der Waals surface area contributed by atoms with Gasteiger partial charge in [0.25, 0.3) is 0 Å². The van der Waals surface area contributed by atoms with E-state index in [9.17, 15) is 0 Å². The molecule has 1 aromatic carbocycles. The van der Waals surface area contributed by atoms with E-state index in [4.69, 9.17) is 9.47 Å². The van der Waals surface area contributed by atoms with Crippen molar-refractivity contribution >= 4 is 0 Å². The minimum atomic E-state index is 0.977. The molecule has 0 amide bonds. The third kappa shape index (κ3) is 1.53. The fourth-order valence-electron chi connectivity index (χ4n) is 3.26. The van der Waals surface area contributed by atoms with Gasteiger partial charge in [0.15, 0.2) is 11.5 Å². The van der Waals surface area contributed by atoms with Crippen LogP contribution in [-0.2, 0) is 25.8 Å². The molecule has 1 aliphatic carbocycles. The van der Waals surface area contributed by atoms with E-state index in [1.165, 1.54) is 35.1 Å². The fraction of sp³-hybridized carbons (Fsp3) is 0.571. The number of fused-ring (bicyclic) bond motifs is 3.